The summed E-state index contributed by atoms with van der Waals surface area (Å²) in [5.74, 6) is 0.313. The number of para-hydroxylation sites is 2. The zero-order chi connectivity index (χ0) is 25.3. The average molecular weight is 487 g/mol. The number of nitrogens with zero attached hydrogens (tertiary/aromatic N) is 2. The van der Waals surface area contributed by atoms with Gasteiger partial charge in [-0.2, -0.15) is 0 Å². The van der Waals surface area contributed by atoms with E-state index in [0.717, 1.165) is 39.1 Å². The number of hydrogen-bond acceptors (Lipinski definition) is 5. The number of rotatable bonds is 8. The number of anilines is 2. The number of benzene rings is 3. The van der Waals surface area contributed by atoms with Crippen molar-refractivity contribution in [1.82, 2.24) is 9.80 Å². The van der Waals surface area contributed by atoms with Crippen LogP contribution in [0, 0.1) is 0 Å². The molecule has 0 spiro atoms. The van der Waals surface area contributed by atoms with Crippen LogP contribution in [0.3, 0.4) is 0 Å². The summed E-state index contributed by atoms with van der Waals surface area (Å²) in [6.45, 7) is 6.59. The summed E-state index contributed by atoms with van der Waals surface area (Å²) < 4.78 is 5.29. The molecular weight excluding hydrogens is 452 g/mol. The lowest BCUT2D eigenvalue weighted by Crippen LogP contribution is -2.43. The van der Waals surface area contributed by atoms with E-state index in [1.165, 1.54) is 5.56 Å². The van der Waals surface area contributed by atoms with Crippen molar-refractivity contribution < 1.29 is 14.3 Å². The summed E-state index contributed by atoms with van der Waals surface area (Å²) in [7, 11) is 1.57. The average Bonchev–Trinajstić information content (AvgIpc) is 3.15. The third-order valence-corrected chi connectivity index (χ3v) is 6.57. The minimum atomic E-state index is -0.241. The Bertz CT molecular complexity index is 1150. The molecule has 1 aliphatic rings. The molecule has 1 atom stereocenters. The highest BCUT2D eigenvalue weighted by Gasteiger charge is 2.24. The van der Waals surface area contributed by atoms with Crippen molar-refractivity contribution >= 4 is 23.2 Å². The first-order valence-corrected chi connectivity index (χ1v) is 12.4. The summed E-state index contributed by atoms with van der Waals surface area (Å²) in [6.07, 6.45) is 1.03. The van der Waals surface area contributed by atoms with E-state index in [4.69, 9.17) is 4.74 Å². The minimum Gasteiger partial charge on any atom is -0.495 e. The van der Waals surface area contributed by atoms with Gasteiger partial charge in [0.15, 0.2) is 0 Å². The second-order valence-corrected chi connectivity index (χ2v) is 9.05. The smallest absolute Gasteiger partial charge is 0.255 e. The SMILES string of the molecule is COc1ccccc1NC(=O)c1ccc(NC(=O)C(C)N2CCCN(Cc3ccccc3)CC2)cc1. The monoisotopic (exact) mass is 486 g/mol. The van der Waals surface area contributed by atoms with E-state index in [1.54, 1.807) is 43.5 Å². The summed E-state index contributed by atoms with van der Waals surface area (Å²) in [4.78, 5) is 30.3. The quantitative estimate of drug-likeness (QED) is 0.491. The fourth-order valence-corrected chi connectivity index (χ4v) is 4.44. The van der Waals surface area contributed by atoms with Crippen molar-refractivity contribution in [3.05, 3.63) is 90.0 Å². The predicted octanol–water partition coefficient (Wildman–Crippen LogP) is 4.48. The van der Waals surface area contributed by atoms with Crippen LogP contribution in [0.5, 0.6) is 5.75 Å². The Kier molecular flexibility index (Phi) is 8.71. The molecule has 1 unspecified atom stereocenters. The minimum absolute atomic E-state index is 0.0438. The Balaban J connectivity index is 1.29. The van der Waals surface area contributed by atoms with Crippen molar-refractivity contribution in [3.63, 3.8) is 0 Å². The zero-order valence-corrected chi connectivity index (χ0v) is 20.9. The third-order valence-electron chi connectivity index (χ3n) is 6.57. The molecule has 1 saturated heterocycles. The second kappa shape index (κ2) is 12.3. The third kappa shape index (κ3) is 6.71. The fraction of sp³-hybridized carbons (Fsp3) is 0.310. The Morgan fingerprint density at radius 2 is 1.58 bits per heavy atom. The number of methoxy groups -OCH3 is 1. The molecule has 0 bridgehead atoms. The number of amides is 2. The van der Waals surface area contributed by atoms with Crippen molar-refractivity contribution in [2.75, 3.05) is 43.9 Å². The molecule has 2 N–H and O–H groups in total. The van der Waals surface area contributed by atoms with Gasteiger partial charge in [-0.1, -0.05) is 42.5 Å². The molecule has 0 aliphatic carbocycles. The Morgan fingerprint density at radius 3 is 2.33 bits per heavy atom. The molecule has 3 aromatic rings. The number of hydrogen-bond donors (Lipinski definition) is 2. The highest BCUT2D eigenvalue weighted by Crippen LogP contribution is 2.24. The molecular formula is C29H34N4O3. The largest absolute Gasteiger partial charge is 0.495 e. The first-order chi connectivity index (χ1) is 17.5. The van der Waals surface area contributed by atoms with Gasteiger partial charge in [-0.3, -0.25) is 19.4 Å². The van der Waals surface area contributed by atoms with Gasteiger partial charge >= 0.3 is 0 Å². The van der Waals surface area contributed by atoms with Crippen molar-refractivity contribution in [2.24, 2.45) is 0 Å². The predicted molar refractivity (Wildman–Crippen MR) is 143 cm³/mol. The Hall–Kier alpha value is -3.68. The number of carbonyl (C=O) groups is 2. The normalized spacial score (nSPS) is 15.5. The van der Waals surface area contributed by atoms with Gasteiger partial charge in [0.25, 0.3) is 5.91 Å². The van der Waals surface area contributed by atoms with E-state index in [1.807, 2.05) is 25.1 Å². The topological polar surface area (TPSA) is 73.9 Å². The Labute approximate surface area is 213 Å². The van der Waals surface area contributed by atoms with Crippen LogP contribution in [0.1, 0.15) is 29.3 Å². The first kappa shape index (κ1) is 25.4. The van der Waals surface area contributed by atoms with E-state index >= 15 is 0 Å². The molecule has 0 saturated carbocycles. The number of carbonyl (C=O) groups excluding carboxylic acids is 2. The number of nitrogens with one attached hydrogen (secondary N) is 2. The van der Waals surface area contributed by atoms with Crippen LogP contribution in [0.25, 0.3) is 0 Å². The van der Waals surface area contributed by atoms with Gasteiger partial charge in [-0.25, -0.2) is 0 Å². The molecule has 3 aromatic carbocycles. The maximum atomic E-state index is 13.0. The molecule has 36 heavy (non-hydrogen) atoms. The van der Waals surface area contributed by atoms with Crippen LogP contribution in [-0.2, 0) is 11.3 Å². The summed E-state index contributed by atoms with van der Waals surface area (Å²) in [6, 6.07) is 24.5. The van der Waals surface area contributed by atoms with Gasteiger partial charge in [0.1, 0.15) is 5.75 Å². The van der Waals surface area contributed by atoms with Crippen molar-refractivity contribution in [2.45, 2.75) is 25.9 Å². The van der Waals surface area contributed by atoms with Gasteiger partial charge in [0.2, 0.25) is 5.91 Å². The molecule has 7 heteroatoms. The van der Waals surface area contributed by atoms with Crippen molar-refractivity contribution in [1.29, 1.82) is 0 Å². The van der Waals surface area contributed by atoms with Gasteiger partial charge in [-0.15, -0.1) is 0 Å². The highest BCUT2D eigenvalue weighted by molar-refractivity contribution is 6.05. The van der Waals surface area contributed by atoms with E-state index in [-0.39, 0.29) is 17.9 Å². The fourth-order valence-electron chi connectivity index (χ4n) is 4.44. The zero-order valence-electron chi connectivity index (χ0n) is 20.9. The molecule has 2 amide bonds. The van der Waals surface area contributed by atoms with Crippen LogP contribution in [0.2, 0.25) is 0 Å². The lowest BCUT2D eigenvalue weighted by atomic mass is 10.1. The van der Waals surface area contributed by atoms with E-state index in [9.17, 15) is 9.59 Å². The standard InChI is InChI=1S/C29H34N4O3/c1-22(33-18-8-17-32(19-20-33)21-23-9-4-3-5-10-23)28(34)30-25-15-13-24(14-16-25)29(35)31-26-11-6-7-12-27(26)36-2/h3-7,9-16,22H,8,17-21H2,1-2H3,(H,30,34)(H,31,35). The van der Waals surface area contributed by atoms with Crippen LogP contribution in [0.4, 0.5) is 11.4 Å². The summed E-state index contributed by atoms with van der Waals surface area (Å²) in [5, 5.41) is 5.86. The molecule has 0 radical (unpaired) electrons. The van der Waals surface area contributed by atoms with E-state index < -0.39 is 0 Å². The molecule has 188 valence electrons. The number of ether oxygens (including phenoxy) is 1. The van der Waals surface area contributed by atoms with Crippen LogP contribution >= 0.6 is 0 Å². The molecule has 1 aliphatic heterocycles. The first-order valence-electron chi connectivity index (χ1n) is 12.4. The van der Waals surface area contributed by atoms with Gasteiger partial charge < -0.3 is 15.4 Å². The van der Waals surface area contributed by atoms with Gasteiger partial charge in [0.05, 0.1) is 18.8 Å². The van der Waals surface area contributed by atoms with Crippen LogP contribution in [-0.4, -0.2) is 60.9 Å². The maximum Gasteiger partial charge on any atom is 0.255 e. The van der Waals surface area contributed by atoms with Gasteiger partial charge in [0, 0.05) is 37.4 Å². The molecule has 4 rings (SSSR count). The Morgan fingerprint density at radius 1 is 0.861 bits per heavy atom. The molecule has 1 fully saturated rings. The van der Waals surface area contributed by atoms with Gasteiger partial charge in [-0.05, 0) is 61.9 Å². The van der Waals surface area contributed by atoms with E-state index in [0.29, 0.717) is 22.7 Å². The molecule has 0 aromatic heterocycles. The lowest BCUT2D eigenvalue weighted by Gasteiger charge is -2.27. The lowest BCUT2D eigenvalue weighted by molar-refractivity contribution is -0.120. The van der Waals surface area contributed by atoms with Crippen molar-refractivity contribution in [3.8, 4) is 5.75 Å². The molecule has 7 nitrogen and oxygen atoms in total. The maximum absolute atomic E-state index is 13.0. The summed E-state index contributed by atoms with van der Waals surface area (Å²) >= 11 is 0. The summed E-state index contributed by atoms with van der Waals surface area (Å²) in [5.41, 5.74) is 3.09. The highest BCUT2D eigenvalue weighted by atomic mass is 16.5. The second-order valence-electron chi connectivity index (χ2n) is 9.05. The van der Waals surface area contributed by atoms with Crippen LogP contribution < -0.4 is 15.4 Å². The van der Waals surface area contributed by atoms with Crippen LogP contribution in [0.15, 0.2) is 78.9 Å². The van der Waals surface area contributed by atoms with E-state index in [2.05, 4.69) is 44.7 Å². The molecule has 1 heterocycles.